The minimum atomic E-state index is -0.805. The molecule has 1 aromatic rings. The van der Waals surface area contributed by atoms with Crippen molar-refractivity contribution in [3.05, 3.63) is 24.2 Å². The van der Waals surface area contributed by atoms with E-state index in [2.05, 4.69) is 5.32 Å². The molecule has 1 saturated heterocycles. The number of amides is 2. The highest BCUT2D eigenvalue weighted by Gasteiger charge is 2.39. The van der Waals surface area contributed by atoms with E-state index >= 15 is 0 Å². The van der Waals surface area contributed by atoms with Gasteiger partial charge in [0.2, 0.25) is 11.8 Å². The van der Waals surface area contributed by atoms with Gasteiger partial charge in [0.1, 0.15) is 11.3 Å². The molecule has 0 aliphatic carbocycles. The highest BCUT2D eigenvalue weighted by molar-refractivity contribution is 5.93. The Balaban J connectivity index is 2.19. The standard InChI is InChI=1S/C13H18N2O3/c1-3-13(2)12(17)15(7-6-11(16)14-13)9-10-5-4-8-18-10/h4-5,8H,3,6-7,9H2,1-2H3,(H,14,16). The quantitative estimate of drug-likeness (QED) is 0.879. The summed E-state index contributed by atoms with van der Waals surface area (Å²) in [6.45, 7) is 4.51. The predicted octanol–water partition coefficient (Wildman–Crippen LogP) is 1.30. The molecule has 1 unspecified atom stereocenters. The number of nitrogens with one attached hydrogen (secondary N) is 1. The summed E-state index contributed by atoms with van der Waals surface area (Å²) in [5, 5.41) is 2.80. The second kappa shape index (κ2) is 4.84. The third-order valence-corrected chi connectivity index (χ3v) is 3.42. The molecule has 1 aliphatic heterocycles. The molecule has 18 heavy (non-hydrogen) atoms. The zero-order valence-electron chi connectivity index (χ0n) is 10.7. The summed E-state index contributed by atoms with van der Waals surface area (Å²) < 4.78 is 5.25. The van der Waals surface area contributed by atoms with Gasteiger partial charge in [0.25, 0.3) is 0 Å². The van der Waals surface area contributed by atoms with Crippen LogP contribution < -0.4 is 5.32 Å². The van der Waals surface area contributed by atoms with Crippen LogP contribution in [0.1, 0.15) is 32.4 Å². The fraction of sp³-hybridized carbons (Fsp3) is 0.538. The van der Waals surface area contributed by atoms with E-state index in [9.17, 15) is 9.59 Å². The monoisotopic (exact) mass is 250 g/mol. The fourth-order valence-electron chi connectivity index (χ4n) is 2.09. The van der Waals surface area contributed by atoms with Gasteiger partial charge in [-0.25, -0.2) is 0 Å². The summed E-state index contributed by atoms with van der Waals surface area (Å²) in [4.78, 5) is 25.8. The fourth-order valence-corrected chi connectivity index (χ4v) is 2.09. The van der Waals surface area contributed by atoms with Crippen LogP contribution in [0.15, 0.2) is 22.8 Å². The Hall–Kier alpha value is -1.78. The van der Waals surface area contributed by atoms with E-state index < -0.39 is 5.54 Å². The van der Waals surface area contributed by atoms with Crippen LogP contribution >= 0.6 is 0 Å². The van der Waals surface area contributed by atoms with Crippen LogP contribution in [-0.4, -0.2) is 28.8 Å². The van der Waals surface area contributed by atoms with Crippen molar-refractivity contribution >= 4 is 11.8 Å². The van der Waals surface area contributed by atoms with Crippen molar-refractivity contribution in [2.45, 2.75) is 38.8 Å². The van der Waals surface area contributed by atoms with E-state index in [4.69, 9.17) is 4.42 Å². The Bertz CT molecular complexity index is 441. The average Bonchev–Trinajstić information content (AvgIpc) is 2.82. The predicted molar refractivity (Wildman–Crippen MR) is 65.6 cm³/mol. The normalized spacial score (nSPS) is 24.9. The van der Waals surface area contributed by atoms with Crippen molar-refractivity contribution in [2.75, 3.05) is 6.54 Å². The van der Waals surface area contributed by atoms with Crippen molar-refractivity contribution in [3.8, 4) is 0 Å². The summed E-state index contributed by atoms with van der Waals surface area (Å²) in [7, 11) is 0. The first-order chi connectivity index (χ1) is 8.55. The van der Waals surface area contributed by atoms with Gasteiger partial charge in [0.05, 0.1) is 12.8 Å². The van der Waals surface area contributed by atoms with Gasteiger partial charge in [-0.05, 0) is 25.5 Å². The van der Waals surface area contributed by atoms with Gasteiger partial charge in [-0.2, -0.15) is 0 Å². The SMILES string of the molecule is CCC1(C)NC(=O)CCN(Cc2ccco2)C1=O. The summed E-state index contributed by atoms with van der Waals surface area (Å²) in [5.41, 5.74) is -0.805. The number of rotatable bonds is 3. The van der Waals surface area contributed by atoms with Crippen molar-refractivity contribution in [1.29, 1.82) is 0 Å². The number of hydrogen-bond donors (Lipinski definition) is 1. The molecular weight excluding hydrogens is 232 g/mol. The Morgan fingerprint density at radius 1 is 1.50 bits per heavy atom. The lowest BCUT2D eigenvalue weighted by Crippen LogP contribution is -2.54. The van der Waals surface area contributed by atoms with Gasteiger partial charge in [-0.3, -0.25) is 9.59 Å². The molecule has 0 radical (unpaired) electrons. The smallest absolute Gasteiger partial charge is 0.248 e. The zero-order valence-corrected chi connectivity index (χ0v) is 10.7. The highest BCUT2D eigenvalue weighted by Crippen LogP contribution is 2.19. The van der Waals surface area contributed by atoms with E-state index in [-0.39, 0.29) is 11.8 Å². The zero-order chi connectivity index (χ0) is 13.2. The number of carbonyl (C=O) groups excluding carboxylic acids is 2. The molecule has 2 rings (SSSR count). The summed E-state index contributed by atoms with van der Waals surface area (Å²) in [6.07, 6.45) is 2.49. The Kier molecular flexibility index (Phi) is 3.41. The minimum absolute atomic E-state index is 0.0488. The number of nitrogens with zero attached hydrogens (tertiary/aromatic N) is 1. The lowest BCUT2D eigenvalue weighted by Gasteiger charge is -2.30. The van der Waals surface area contributed by atoms with Crippen LogP contribution in [0.25, 0.3) is 0 Å². The minimum Gasteiger partial charge on any atom is -0.467 e. The molecule has 1 aromatic heterocycles. The van der Waals surface area contributed by atoms with Gasteiger partial charge >= 0.3 is 0 Å². The molecule has 5 nitrogen and oxygen atoms in total. The van der Waals surface area contributed by atoms with Crippen LogP contribution in [0.4, 0.5) is 0 Å². The number of furan rings is 1. The Morgan fingerprint density at radius 2 is 2.28 bits per heavy atom. The molecule has 5 heteroatoms. The summed E-state index contributed by atoms with van der Waals surface area (Å²) in [5.74, 6) is 0.609. The van der Waals surface area contributed by atoms with Gasteiger partial charge in [0.15, 0.2) is 0 Å². The molecule has 1 atom stereocenters. The average molecular weight is 250 g/mol. The van der Waals surface area contributed by atoms with Crippen molar-refractivity contribution < 1.29 is 14.0 Å². The molecule has 0 spiro atoms. The van der Waals surface area contributed by atoms with E-state index in [0.717, 1.165) is 5.76 Å². The first kappa shape index (κ1) is 12.7. The summed E-state index contributed by atoms with van der Waals surface area (Å²) >= 11 is 0. The third kappa shape index (κ3) is 2.39. The first-order valence-electron chi connectivity index (χ1n) is 6.18. The maximum absolute atomic E-state index is 12.4. The second-order valence-corrected chi connectivity index (χ2v) is 4.79. The molecule has 1 fully saturated rings. The topological polar surface area (TPSA) is 62.6 Å². The van der Waals surface area contributed by atoms with Crippen LogP contribution in [0, 0.1) is 0 Å². The first-order valence-corrected chi connectivity index (χ1v) is 6.18. The molecule has 1 N–H and O–H groups in total. The van der Waals surface area contributed by atoms with E-state index in [1.165, 1.54) is 0 Å². The number of hydrogen-bond acceptors (Lipinski definition) is 3. The highest BCUT2D eigenvalue weighted by atomic mass is 16.3. The lowest BCUT2D eigenvalue weighted by molar-refractivity contribution is -0.139. The van der Waals surface area contributed by atoms with Crippen molar-refractivity contribution in [1.82, 2.24) is 10.2 Å². The van der Waals surface area contributed by atoms with Crippen LogP contribution in [0.2, 0.25) is 0 Å². The molecule has 98 valence electrons. The van der Waals surface area contributed by atoms with Crippen molar-refractivity contribution in [3.63, 3.8) is 0 Å². The molecule has 2 amide bonds. The van der Waals surface area contributed by atoms with Gasteiger partial charge in [0, 0.05) is 13.0 Å². The molecule has 2 heterocycles. The van der Waals surface area contributed by atoms with Gasteiger partial charge < -0.3 is 14.6 Å². The molecular formula is C13H18N2O3. The molecule has 0 saturated carbocycles. The maximum Gasteiger partial charge on any atom is 0.248 e. The van der Waals surface area contributed by atoms with E-state index in [0.29, 0.717) is 25.9 Å². The third-order valence-electron chi connectivity index (χ3n) is 3.42. The number of carbonyl (C=O) groups is 2. The van der Waals surface area contributed by atoms with Crippen LogP contribution in [0.3, 0.4) is 0 Å². The van der Waals surface area contributed by atoms with Gasteiger partial charge in [-0.1, -0.05) is 6.92 Å². The molecule has 0 aromatic carbocycles. The Morgan fingerprint density at radius 3 is 2.89 bits per heavy atom. The van der Waals surface area contributed by atoms with Crippen molar-refractivity contribution in [2.24, 2.45) is 0 Å². The van der Waals surface area contributed by atoms with Crippen LogP contribution in [0.5, 0.6) is 0 Å². The second-order valence-electron chi connectivity index (χ2n) is 4.79. The van der Waals surface area contributed by atoms with Crippen LogP contribution in [-0.2, 0) is 16.1 Å². The Labute approximate surface area is 106 Å². The lowest BCUT2D eigenvalue weighted by atomic mass is 9.97. The largest absolute Gasteiger partial charge is 0.467 e. The van der Waals surface area contributed by atoms with Gasteiger partial charge in [-0.15, -0.1) is 0 Å². The maximum atomic E-state index is 12.4. The molecule has 1 aliphatic rings. The molecule has 0 bridgehead atoms. The van der Waals surface area contributed by atoms with E-state index in [1.807, 2.05) is 13.0 Å². The van der Waals surface area contributed by atoms with E-state index in [1.54, 1.807) is 24.2 Å². The summed E-state index contributed by atoms with van der Waals surface area (Å²) in [6, 6.07) is 3.62.